The molecular weight excluding hydrogens is 242 g/mol. The molecule has 0 saturated carbocycles. The number of amidine groups is 1. The van der Waals surface area contributed by atoms with E-state index >= 15 is 0 Å². The number of likely N-dealkylation sites (N-methyl/N-ethyl adjacent to an activating group) is 1. The highest BCUT2D eigenvalue weighted by Crippen LogP contribution is 2.28. The van der Waals surface area contributed by atoms with E-state index in [1.54, 1.807) is 18.5 Å². The van der Waals surface area contributed by atoms with Crippen LogP contribution < -0.4 is 10.6 Å². The molecule has 1 atom stereocenters. The molecular formula is C13H21N5O. The maximum atomic E-state index is 8.88. The highest BCUT2D eigenvalue weighted by Gasteiger charge is 2.27. The van der Waals surface area contributed by atoms with Crippen LogP contribution in [-0.2, 0) is 0 Å². The Kier molecular flexibility index (Phi) is 4.21. The van der Waals surface area contributed by atoms with Crippen LogP contribution in [0, 0.1) is 0 Å². The Morgan fingerprint density at radius 1 is 1.63 bits per heavy atom. The second-order valence-electron chi connectivity index (χ2n) is 5.13. The summed E-state index contributed by atoms with van der Waals surface area (Å²) < 4.78 is 0. The molecule has 0 amide bonds. The Morgan fingerprint density at radius 3 is 3.11 bits per heavy atom. The molecule has 6 heteroatoms. The van der Waals surface area contributed by atoms with Crippen LogP contribution in [0.25, 0.3) is 0 Å². The molecule has 0 spiro atoms. The molecule has 1 aromatic rings. The standard InChI is InChI=1S/C13H21N5O/c1-17(2)9-10-4-3-7-18(10)12-8-15-6-5-11(12)13(14)16-19/h5-6,8,10,19H,3-4,7,9H2,1-2H3,(H2,14,16). The molecule has 19 heavy (non-hydrogen) atoms. The monoisotopic (exact) mass is 263 g/mol. The zero-order valence-corrected chi connectivity index (χ0v) is 11.5. The maximum Gasteiger partial charge on any atom is 0.172 e. The first-order chi connectivity index (χ1) is 9.13. The van der Waals surface area contributed by atoms with Gasteiger partial charge in [0.05, 0.1) is 11.9 Å². The largest absolute Gasteiger partial charge is 0.409 e. The highest BCUT2D eigenvalue weighted by molar-refractivity contribution is 6.02. The predicted molar refractivity (Wildman–Crippen MR) is 75.7 cm³/mol. The van der Waals surface area contributed by atoms with E-state index in [9.17, 15) is 0 Å². The summed E-state index contributed by atoms with van der Waals surface area (Å²) in [5.41, 5.74) is 7.43. The fourth-order valence-electron chi connectivity index (χ4n) is 2.65. The normalized spacial score (nSPS) is 20.3. The van der Waals surface area contributed by atoms with Crippen molar-refractivity contribution in [2.45, 2.75) is 18.9 Å². The quantitative estimate of drug-likeness (QED) is 0.362. The zero-order chi connectivity index (χ0) is 13.8. The molecule has 1 fully saturated rings. The smallest absolute Gasteiger partial charge is 0.172 e. The summed E-state index contributed by atoms with van der Waals surface area (Å²) in [5.74, 6) is 0.132. The summed E-state index contributed by atoms with van der Waals surface area (Å²) in [6.07, 6.45) is 5.76. The van der Waals surface area contributed by atoms with E-state index in [0.717, 1.165) is 37.2 Å². The first kappa shape index (κ1) is 13.6. The zero-order valence-electron chi connectivity index (χ0n) is 11.5. The van der Waals surface area contributed by atoms with Crippen LogP contribution in [-0.4, -0.2) is 54.2 Å². The van der Waals surface area contributed by atoms with Crippen molar-refractivity contribution in [2.24, 2.45) is 10.9 Å². The van der Waals surface area contributed by atoms with Gasteiger partial charge < -0.3 is 20.7 Å². The molecule has 0 radical (unpaired) electrons. The summed E-state index contributed by atoms with van der Waals surface area (Å²) in [6, 6.07) is 2.24. The Balaban J connectivity index is 2.30. The van der Waals surface area contributed by atoms with Crippen LogP contribution in [0.1, 0.15) is 18.4 Å². The van der Waals surface area contributed by atoms with Crippen LogP contribution in [0.4, 0.5) is 5.69 Å². The number of pyridine rings is 1. The third-order valence-electron chi connectivity index (χ3n) is 3.45. The molecule has 3 N–H and O–H groups in total. The fraction of sp³-hybridized carbons (Fsp3) is 0.538. The van der Waals surface area contributed by atoms with Crippen molar-refractivity contribution >= 4 is 11.5 Å². The minimum Gasteiger partial charge on any atom is -0.409 e. The fourth-order valence-corrected chi connectivity index (χ4v) is 2.65. The van der Waals surface area contributed by atoms with Gasteiger partial charge in [-0.15, -0.1) is 0 Å². The SMILES string of the molecule is CN(C)CC1CCCN1c1cnccc1/C(N)=N/O. The van der Waals surface area contributed by atoms with Gasteiger partial charge in [-0.25, -0.2) is 0 Å². The van der Waals surface area contributed by atoms with Crippen molar-refractivity contribution in [1.29, 1.82) is 0 Å². The average Bonchev–Trinajstić information content (AvgIpc) is 2.85. The first-order valence-electron chi connectivity index (χ1n) is 6.46. The van der Waals surface area contributed by atoms with E-state index in [1.807, 2.05) is 0 Å². The number of anilines is 1. The van der Waals surface area contributed by atoms with Gasteiger partial charge in [0.25, 0.3) is 0 Å². The van der Waals surface area contributed by atoms with Crippen molar-refractivity contribution in [2.75, 3.05) is 32.1 Å². The van der Waals surface area contributed by atoms with Crippen LogP contribution in [0.5, 0.6) is 0 Å². The van der Waals surface area contributed by atoms with Gasteiger partial charge in [0.15, 0.2) is 5.84 Å². The maximum absolute atomic E-state index is 8.88. The third-order valence-corrected chi connectivity index (χ3v) is 3.45. The van der Waals surface area contributed by atoms with Gasteiger partial charge in [-0.1, -0.05) is 5.16 Å². The van der Waals surface area contributed by atoms with E-state index in [1.165, 1.54) is 0 Å². The molecule has 1 aliphatic heterocycles. The summed E-state index contributed by atoms with van der Waals surface area (Å²) >= 11 is 0. The van der Waals surface area contributed by atoms with Crippen molar-refractivity contribution in [1.82, 2.24) is 9.88 Å². The second kappa shape index (κ2) is 5.88. The van der Waals surface area contributed by atoms with E-state index in [-0.39, 0.29) is 5.84 Å². The van der Waals surface area contributed by atoms with E-state index in [4.69, 9.17) is 10.9 Å². The number of oxime groups is 1. The molecule has 1 aliphatic rings. The molecule has 0 aromatic carbocycles. The molecule has 1 saturated heterocycles. The molecule has 2 heterocycles. The van der Waals surface area contributed by atoms with Gasteiger partial charge >= 0.3 is 0 Å². The minimum absolute atomic E-state index is 0.132. The van der Waals surface area contributed by atoms with Gasteiger partial charge in [0.1, 0.15) is 0 Å². The number of rotatable bonds is 4. The molecule has 6 nitrogen and oxygen atoms in total. The molecule has 1 unspecified atom stereocenters. The van der Waals surface area contributed by atoms with Crippen LogP contribution in [0.15, 0.2) is 23.6 Å². The van der Waals surface area contributed by atoms with Crippen LogP contribution in [0.2, 0.25) is 0 Å². The Labute approximate surface area is 113 Å². The van der Waals surface area contributed by atoms with Gasteiger partial charge in [-0.3, -0.25) is 4.98 Å². The number of aromatic nitrogens is 1. The van der Waals surface area contributed by atoms with E-state index in [0.29, 0.717) is 6.04 Å². The summed E-state index contributed by atoms with van der Waals surface area (Å²) in [7, 11) is 4.15. The predicted octanol–water partition coefficient (Wildman–Crippen LogP) is 0.707. The molecule has 1 aromatic heterocycles. The minimum atomic E-state index is 0.132. The van der Waals surface area contributed by atoms with Crippen molar-refractivity contribution in [3.63, 3.8) is 0 Å². The Hall–Kier alpha value is -1.82. The number of nitrogens with two attached hydrogens (primary N) is 1. The molecule has 0 aliphatic carbocycles. The van der Waals surface area contributed by atoms with E-state index < -0.39 is 0 Å². The first-order valence-corrected chi connectivity index (χ1v) is 6.46. The lowest BCUT2D eigenvalue weighted by molar-refractivity contribution is 0.318. The van der Waals surface area contributed by atoms with Gasteiger partial charge in [0.2, 0.25) is 0 Å². The highest BCUT2D eigenvalue weighted by atomic mass is 16.4. The van der Waals surface area contributed by atoms with Gasteiger partial charge in [0, 0.05) is 30.9 Å². The third kappa shape index (κ3) is 2.96. The second-order valence-corrected chi connectivity index (χ2v) is 5.13. The topological polar surface area (TPSA) is 78.0 Å². The average molecular weight is 263 g/mol. The van der Waals surface area contributed by atoms with Gasteiger partial charge in [-0.2, -0.15) is 0 Å². The lowest BCUT2D eigenvalue weighted by atomic mass is 10.1. The number of nitrogens with zero attached hydrogens (tertiary/aromatic N) is 4. The van der Waals surface area contributed by atoms with Crippen molar-refractivity contribution in [3.05, 3.63) is 24.0 Å². The number of hydrogen-bond acceptors (Lipinski definition) is 5. The molecule has 0 bridgehead atoms. The van der Waals surface area contributed by atoms with Crippen LogP contribution in [0.3, 0.4) is 0 Å². The molecule has 2 rings (SSSR count). The van der Waals surface area contributed by atoms with Crippen LogP contribution >= 0.6 is 0 Å². The van der Waals surface area contributed by atoms with E-state index in [2.05, 4.69) is 34.0 Å². The summed E-state index contributed by atoms with van der Waals surface area (Å²) in [5, 5.41) is 12.0. The van der Waals surface area contributed by atoms with Gasteiger partial charge in [-0.05, 0) is 33.0 Å². The molecule has 104 valence electrons. The Bertz CT molecular complexity index is 460. The number of hydrogen-bond donors (Lipinski definition) is 2. The van der Waals surface area contributed by atoms with Crippen molar-refractivity contribution in [3.8, 4) is 0 Å². The lowest BCUT2D eigenvalue weighted by Crippen LogP contribution is -2.38. The Morgan fingerprint density at radius 2 is 2.42 bits per heavy atom. The lowest BCUT2D eigenvalue weighted by Gasteiger charge is -2.30. The summed E-state index contributed by atoms with van der Waals surface area (Å²) in [6.45, 7) is 1.97. The van der Waals surface area contributed by atoms with Crippen molar-refractivity contribution < 1.29 is 5.21 Å². The summed E-state index contributed by atoms with van der Waals surface area (Å²) in [4.78, 5) is 8.66.